The van der Waals surface area contributed by atoms with E-state index in [4.69, 9.17) is 9.47 Å². The number of hydrogen-bond acceptors (Lipinski definition) is 6. The molecule has 1 atom stereocenters. The van der Waals surface area contributed by atoms with Gasteiger partial charge in [-0.25, -0.2) is 4.79 Å². The summed E-state index contributed by atoms with van der Waals surface area (Å²) >= 11 is 0. The lowest BCUT2D eigenvalue weighted by Gasteiger charge is -2.11. The van der Waals surface area contributed by atoms with Crippen LogP contribution in [0.15, 0.2) is 36.9 Å². The second-order valence-electron chi connectivity index (χ2n) is 5.11. The third-order valence-electron chi connectivity index (χ3n) is 3.09. The van der Waals surface area contributed by atoms with Crippen molar-refractivity contribution in [1.82, 2.24) is 0 Å². The number of benzene rings is 1. The van der Waals surface area contributed by atoms with Gasteiger partial charge in [0.25, 0.3) is 0 Å². The summed E-state index contributed by atoms with van der Waals surface area (Å²) in [5, 5.41) is 10.6. The second kappa shape index (κ2) is 9.40. The van der Waals surface area contributed by atoms with Gasteiger partial charge in [0.05, 0.1) is 12.6 Å². The van der Waals surface area contributed by atoms with Gasteiger partial charge in [-0.2, -0.15) is 0 Å². The Morgan fingerprint density at radius 2 is 1.91 bits per heavy atom. The summed E-state index contributed by atoms with van der Waals surface area (Å²) in [7, 11) is 0. The van der Waals surface area contributed by atoms with Gasteiger partial charge in [0, 0.05) is 12.5 Å². The van der Waals surface area contributed by atoms with Crippen molar-refractivity contribution in [1.29, 1.82) is 0 Å². The van der Waals surface area contributed by atoms with Crippen molar-refractivity contribution in [2.45, 2.75) is 26.2 Å². The monoisotopic (exact) mass is 319 g/mol. The fourth-order valence-corrected chi connectivity index (χ4v) is 1.88. The average Bonchev–Trinajstić information content (AvgIpc) is 2.51. The Morgan fingerprint density at radius 1 is 1.26 bits per heavy atom. The summed E-state index contributed by atoms with van der Waals surface area (Å²) in [6, 6.07) is 5.44. The summed E-state index contributed by atoms with van der Waals surface area (Å²) in [4.78, 5) is 33.2. The van der Waals surface area contributed by atoms with E-state index in [1.807, 2.05) is 6.92 Å². The minimum atomic E-state index is -1.28. The molecule has 0 radical (unpaired) electrons. The standard InChI is InChI=1S/C17H20O6/c1-3-15(18)22-10-4-5-12(2)11-16(19)23-14-8-6-13(7-9-14)17(20)21/h3,6-9,12H,1,4-5,10-11H2,2H3,(H,20,21)/p-1. The first-order chi connectivity index (χ1) is 10.9. The summed E-state index contributed by atoms with van der Waals surface area (Å²) in [5.41, 5.74) is 0.0206. The highest BCUT2D eigenvalue weighted by molar-refractivity contribution is 5.86. The van der Waals surface area contributed by atoms with E-state index in [0.717, 1.165) is 6.08 Å². The highest BCUT2D eigenvalue weighted by Gasteiger charge is 2.11. The van der Waals surface area contributed by atoms with Gasteiger partial charge in [-0.1, -0.05) is 13.5 Å². The van der Waals surface area contributed by atoms with Crippen molar-refractivity contribution < 1.29 is 29.0 Å². The molecule has 0 spiro atoms. The molecular weight excluding hydrogens is 300 g/mol. The van der Waals surface area contributed by atoms with Gasteiger partial charge in [-0.15, -0.1) is 0 Å². The van der Waals surface area contributed by atoms with Crippen LogP contribution in [-0.2, 0) is 14.3 Å². The number of carbonyl (C=O) groups is 3. The molecular formula is C17H19O6-. The predicted octanol–water partition coefficient (Wildman–Crippen LogP) is 1.49. The summed E-state index contributed by atoms with van der Waals surface area (Å²) in [5.74, 6) is -1.79. The lowest BCUT2D eigenvalue weighted by molar-refractivity contribution is -0.255. The van der Waals surface area contributed by atoms with Gasteiger partial charge < -0.3 is 19.4 Å². The first-order valence-electron chi connectivity index (χ1n) is 7.23. The van der Waals surface area contributed by atoms with E-state index in [0.29, 0.717) is 12.8 Å². The molecule has 0 amide bonds. The van der Waals surface area contributed by atoms with Gasteiger partial charge >= 0.3 is 11.9 Å². The quantitative estimate of drug-likeness (QED) is 0.296. The largest absolute Gasteiger partial charge is 0.545 e. The highest BCUT2D eigenvalue weighted by atomic mass is 16.5. The zero-order chi connectivity index (χ0) is 17.2. The fraction of sp³-hybridized carbons (Fsp3) is 0.353. The SMILES string of the molecule is C=CC(=O)OCCCC(C)CC(=O)Oc1ccc(C(=O)[O-])cc1. The van der Waals surface area contributed by atoms with Crippen LogP contribution in [0.3, 0.4) is 0 Å². The molecule has 1 aromatic carbocycles. The van der Waals surface area contributed by atoms with E-state index in [2.05, 4.69) is 6.58 Å². The van der Waals surface area contributed by atoms with Crippen LogP contribution < -0.4 is 9.84 Å². The lowest BCUT2D eigenvalue weighted by atomic mass is 10.0. The number of esters is 2. The Balaban J connectivity index is 2.30. The molecule has 0 bridgehead atoms. The van der Waals surface area contributed by atoms with E-state index >= 15 is 0 Å². The molecule has 6 heteroatoms. The molecule has 0 aliphatic carbocycles. The molecule has 0 N–H and O–H groups in total. The van der Waals surface area contributed by atoms with Crippen molar-refractivity contribution in [3.05, 3.63) is 42.5 Å². The third kappa shape index (κ3) is 7.26. The van der Waals surface area contributed by atoms with Gasteiger partial charge in [0.2, 0.25) is 0 Å². The molecule has 0 aromatic heterocycles. The molecule has 0 saturated heterocycles. The number of carboxylic acid groups (broad SMARTS) is 1. The number of hydrogen-bond donors (Lipinski definition) is 0. The molecule has 6 nitrogen and oxygen atoms in total. The minimum absolute atomic E-state index is 0.0206. The van der Waals surface area contributed by atoms with Crippen LogP contribution in [-0.4, -0.2) is 24.5 Å². The normalized spacial score (nSPS) is 11.3. The van der Waals surface area contributed by atoms with Crippen LogP contribution >= 0.6 is 0 Å². The molecule has 0 saturated carbocycles. The Morgan fingerprint density at radius 3 is 2.48 bits per heavy atom. The smallest absolute Gasteiger partial charge is 0.330 e. The molecule has 1 aromatic rings. The second-order valence-corrected chi connectivity index (χ2v) is 5.11. The zero-order valence-corrected chi connectivity index (χ0v) is 12.9. The molecule has 0 heterocycles. The Kier molecular flexibility index (Phi) is 7.53. The van der Waals surface area contributed by atoms with E-state index in [-0.39, 0.29) is 30.3 Å². The van der Waals surface area contributed by atoms with Gasteiger partial charge in [0.15, 0.2) is 0 Å². The first kappa shape index (κ1) is 18.4. The Labute approximate surface area is 134 Å². The maximum Gasteiger partial charge on any atom is 0.330 e. The molecule has 23 heavy (non-hydrogen) atoms. The number of carboxylic acids is 1. The van der Waals surface area contributed by atoms with E-state index in [1.54, 1.807) is 0 Å². The number of ether oxygens (including phenoxy) is 2. The summed E-state index contributed by atoms with van der Waals surface area (Å²) < 4.78 is 9.98. The number of aromatic carboxylic acids is 1. The molecule has 0 aliphatic heterocycles. The third-order valence-corrected chi connectivity index (χ3v) is 3.09. The number of rotatable bonds is 9. The van der Waals surface area contributed by atoms with Gasteiger partial charge in [-0.3, -0.25) is 4.79 Å². The van der Waals surface area contributed by atoms with Crippen molar-refractivity contribution in [3.63, 3.8) is 0 Å². The van der Waals surface area contributed by atoms with Crippen LogP contribution in [0.5, 0.6) is 5.75 Å². The van der Waals surface area contributed by atoms with Crippen molar-refractivity contribution in [2.75, 3.05) is 6.61 Å². The average molecular weight is 319 g/mol. The van der Waals surface area contributed by atoms with Crippen LogP contribution in [0.25, 0.3) is 0 Å². The molecule has 1 unspecified atom stereocenters. The van der Waals surface area contributed by atoms with Gasteiger partial charge in [-0.05, 0) is 48.6 Å². The van der Waals surface area contributed by atoms with E-state index < -0.39 is 17.9 Å². The topological polar surface area (TPSA) is 92.7 Å². The maximum atomic E-state index is 11.8. The van der Waals surface area contributed by atoms with Crippen LogP contribution in [0.2, 0.25) is 0 Å². The molecule has 0 fully saturated rings. The lowest BCUT2D eigenvalue weighted by Crippen LogP contribution is -2.22. The molecule has 1 rings (SSSR count). The molecule has 0 aliphatic rings. The number of carbonyl (C=O) groups excluding carboxylic acids is 3. The van der Waals surface area contributed by atoms with Gasteiger partial charge in [0.1, 0.15) is 5.75 Å². The van der Waals surface area contributed by atoms with Crippen LogP contribution in [0.1, 0.15) is 36.5 Å². The first-order valence-corrected chi connectivity index (χ1v) is 7.23. The molecule has 124 valence electrons. The Bertz CT molecular complexity index is 561. The minimum Gasteiger partial charge on any atom is -0.545 e. The maximum absolute atomic E-state index is 11.8. The van der Waals surface area contributed by atoms with Crippen molar-refractivity contribution in [2.24, 2.45) is 5.92 Å². The zero-order valence-electron chi connectivity index (χ0n) is 12.9. The fourth-order valence-electron chi connectivity index (χ4n) is 1.88. The summed E-state index contributed by atoms with van der Waals surface area (Å²) in [6.07, 6.45) is 2.68. The van der Waals surface area contributed by atoms with Crippen molar-refractivity contribution >= 4 is 17.9 Å². The van der Waals surface area contributed by atoms with Crippen molar-refractivity contribution in [3.8, 4) is 5.75 Å². The summed E-state index contributed by atoms with van der Waals surface area (Å²) in [6.45, 7) is 5.48. The van der Waals surface area contributed by atoms with E-state index in [1.165, 1.54) is 24.3 Å². The Hall–Kier alpha value is -2.63. The van der Waals surface area contributed by atoms with E-state index in [9.17, 15) is 19.5 Å². The van der Waals surface area contributed by atoms with Crippen LogP contribution in [0, 0.1) is 5.92 Å². The highest BCUT2D eigenvalue weighted by Crippen LogP contribution is 2.16. The predicted molar refractivity (Wildman–Crippen MR) is 80.6 cm³/mol. The van der Waals surface area contributed by atoms with Crippen LogP contribution in [0.4, 0.5) is 0 Å².